The largest absolute Gasteiger partial charge is 0.497 e. The number of ether oxygens (including phenoxy) is 1. The predicted molar refractivity (Wildman–Crippen MR) is 116 cm³/mol. The number of hydrogen-bond donors (Lipinski definition) is 1. The highest BCUT2D eigenvalue weighted by molar-refractivity contribution is 6.44. The van der Waals surface area contributed by atoms with Crippen LogP contribution in [0.4, 0.5) is 0 Å². The van der Waals surface area contributed by atoms with E-state index in [1.807, 2.05) is 0 Å². The lowest BCUT2D eigenvalue weighted by Crippen LogP contribution is -3.11. The van der Waals surface area contributed by atoms with Crippen LogP contribution >= 0.6 is 0 Å². The summed E-state index contributed by atoms with van der Waals surface area (Å²) >= 11 is 0. The number of carbonyl (C=O) groups excluding carboxylic acids is 3. The van der Waals surface area contributed by atoms with E-state index in [0.717, 1.165) is 31.6 Å². The molecule has 7 heteroatoms. The molecule has 2 atom stereocenters. The number of rotatable bonds is 10. The van der Waals surface area contributed by atoms with Gasteiger partial charge in [-0.1, -0.05) is 0 Å². The van der Waals surface area contributed by atoms with Crippen LogP contribution < -0.4 is 9.64 Å². The number of aromatic nitrogens is 1. The number of pyridine rings is 1. The summed E-state index contributed by atoms with van der Waals surface area (Å²) in [6, 6.07) is 9.55. The molecule has 2 heterocycles. The molecule has 1 aromatic heterocycles. The zero-order valence-corrected chi connectivity index (χ0v) is 18.3. The van der Waals surface area contributed by atoms with Crippen molar-refractivity contribution >= 4 is 17.5 Å². The molecule has 1 fully saturated rings. The van der Waals surface area contributed by atoms with Gasteiger partial charge in [0.05, 0.1) is 32.8 Å². The molecule has 0 bridgehead atoms. The van der Waals surface area contributed by atoms with Crippen LogP contribution in [0.1, 0.15) is 42.2 Å². The molecule has 1 aliphatic heterocycles. The first-order valence-electron chi connectivity index (χ1n) is 10.8. The van der Waals surface area contributed by atoms with Crippen LogP contribution in [-0.2, 0) is 9.59 Å². The van der Waals surface area contributed by atoms with E-state index < -0.39 is 23.7 Å². The average Bonchev–Trinajstić information content (AvgIpc) is 3.07. The number of amides is 1. The Balaban J connectivity index is 1.90. The third kappa shape index (κ3) is 4.82. The van der Waals surface area contributed by atoms with Gasteiger partial charge in [0, 0.05) is 30.9 Å². The second-order valence-corrected chi connectivity index (χ2v) is 7.72. The second-order valence-electron chi connectivity index (χ2n) is 7.72. The predicted octanol–water partition coefficient (Wildman–Crippen LogP) is 1.36. The van der Waals surface area contributed by atoms with Crippen molar-refractivity contribution in [2.45, 2.75) is 26.3 Å². The summed E-state index contributed by atoms with van der Waals surface area (Å²) in [4.78, 5) is 46.3. The normalized spacial score (nSPS) is 18.6. The Morgan fingerprint density at radius 3 is 2.29 bits per heavy atom. The van der Waals surface area contributed by atoms with E-state index >= 15 is 0 Å². The number of nitrogens with one attached hydrogen (secondary N) is 1. The number of carbonyl (C=O) groups is 3. The van der Waals surface area contributed by atoms with E-state index in [-0.39, 0.29) is 5.78 Å². The van der Waals surface area contributed by atoms with Crippen molar-refractivity contribution in [2.24, 2.45) is 5.92 Å². The molecule has 31 heavy (non-hydrogen) atoms. The summed E-state index contributed by atoms with van der Waals surface area (Å²) in [5.41, 5.74) is 1.14. The Morgan fingerprint density at radius 2 is 1.71 bits per heavy atom. The van der Waals surface area contributed by atoms with Crippen LogP contribution in [-0.4, -0.2) is 60.6 Å². The fourth-order valence-corrected chi connectivity index (χ4v) is 4.20. The number of methoxy groups -OCH3 is 1. The minimum absolute atomic E-state index is 0.348. The van der Waals surface area contributed by atoms with Crippen molar-refractivity contribution in [1.29, 1.82) is 0 Å². The highest BCUT2D eigenvalue weighted by Crippen LogP contribution is 2.38. The summed E-state index contributed by atoms with van der Waals surface area (Å²) in [6.45, 7) is 7.63. The summed E-state index contributed by atoms with van der Waals surface area (Å²) in [6.07, 6.45) is 4.01. The van der Waals surface area contributed by atoms with Crippen LogP contribution in [0.25, 0.3) is 0 Å². The maximum absolute atomic E-state index is 13.3. The Morgan fingerprint density at radius 1 is 1.06 bits per heavy atom. The van der Waals surface area contributed by atoms with Crippen LogP contribution in [0.15, 0.2) is 48.8 Å². The number of hydrogen-bond acceptors (Lipinski definition) is 5. The molecule has 0 aliphatic carbocycles. The summed E-state index contributed by atoms with van der Waals surface area (Å²) < 4.78 is 5.15. The van der Waals surface area contributed by atoms with Crippen molar-refractivity contribution in [3.63, 3.8) is 0 Å². The maximum atomic E-state index is 13.3. The van der Waals surface area contributed by atoms with Crippen molar-refractivity contribution in [1.82, 2.24) is 9.88 Å². The SMILES string of the molecule is CC[NH+](CC)CCCN1C(=O)C(=O)C(C(=O)c2ccc(OC)cc2)C1c1ccncc1. The minimum atomic E-state index is -1.07. The number of Topliss-reactive ketones (excluding diaryl/α,β-unsaturated/α-hetero) is 2. The number of ketones is 2. The lowest BCUT2D eigenvalue weighted by molar-refractivity contribution is -0.896. The third-order valence-corrected chi connectivity index (χ3v) is 6.04. The zero-order valence-electron chi connectivity index (χ0n) is 18.3. The van der Waals surface area contributed by atoms with E-state index in [0.29, 0.717) is 17.9 Å². The molecule has 0 spiro atoms. The van der Waals surface area contributed by atoms with Gasteiger partial charge in [0.15, 0.2) is 5.78 Å². The van der Waals surface area contributed by atoms with Crippen molar-refractivity contribution in [3.8, 4) is 5.75 Å². The first-order valence-corrected chi connectivity index (χ1v) is 10.8. The Kier molecular flexibility index (Phi) is 7.52. The summed E-state index contributed by atoms with van der Waals surface area (Å²) in [5.74, 6) is -2.01. The minimum Gasteiger partial charge on any atom is -0.497 e. The summed E-state index contributed by atoms with van der Waals surface area (Å²) in [5, 5.41) is 0. The van der Waals surface area contributed by atoms with E-state index in [4.69, 9.17) is 4.74 Å². The van der Waals surface area contributed by atoms with Crippen LogP contribution in [0.3, 0.4) is 0 Å². The smallest absolute Gasteiger partial charge is 0.291 e. The van der Waals surface area contributed by atoms with Gasteiger partial charge in [-0.25, -0.2) is 0 Å². The third-order valence-electron chi connectivity index (χ3n) is 6.04. The average molecular weight is 425 g/mol. The Labute approximate surface area is 183 Å². The first kappa shape index (κ1) is 22.6. The molecular weight excluding hydrogens is 394 g/mol. The second kappa shape index (κ2) is 10.3. The molecule has 2 unspecified atom stereocenters. The van der Waals surface area contributed by atoms with E-state index in [2.05, 4.69) is 18.8 Å². The van der Waals surface area contributed by atoms with Gasteiger partial charge in [0.2, 0.25) is 5.78 Å². The number of nitrogens with zero attached hydrogens (tertiary/aromatic N) is 2. The zero-order chi connectivity index (χ0) is 22.4. The van der Waals surface area contributed by atoms with Crippen molar-refractivity contribution in [3.05, 3.63) is 59.9 Å². The molecule has 2 aromatic rings. The monoisotopic (exact) mass is 424 g/mol. The molecule has 164 valence electrons. The number of quaternary nitrogens is 1. The van der Waals surface area contributed by atoms with Crippen molar-refractivity contribution < 1.29 is 24.0 Å². The lowest BCUT2D eigenvalue weighted by Gasteiger charge is -2.27. The van der Waals surface area contributed by atoms with Crippen LogP contribution in [0.5, 0.6) is 5.75 Å². The molecule has 7 nitrogen and oxygen atoms in total. The van der Waals surface area contributed by atoms with Crippen molar-refractivity contribution in [2.75, 3.05) is 33.3 Å². The standard InChI is InChI=1S/C24H29N3O4/c1-4-26(5-2)15-6-16-27-21(17-11-13-25-14-12-17)20(23(29)24(27)30)22(28)18-7-9-19(31-3)10-8-18/h7-14,20-21H,4-6,15-16H2,1-3H3/p+1. The van der Waals surface area contributed by atoms with Gasteiger partial charge < -0.3 is 14.5 Å². The van der Waals surface area contributed by atoms with E-state index in [1.165, 1.54) is 4.90 Å². The molecule has 1 N–H and O–H groups in total. The van der Waals surface area contributed by atoms with Gasteiger partial charge in [-0.3, -0.25) is 19.4 Å². The molecular formula is C24H30N3O4+. The molecule has 1 aliphatic rings. The highest BCUT2D eigenvalue weighted by Gasteiger charge is 2.51. The lowest BCUT2D eigenvalue weighted by atomic mass is 9.86. The van der Waals surface area contributed by atoms with Gasteiger partial charge in [-0.2, -0.15) is 0 Å². The molecule has 1 amide bonds. The molecule has 1 aromatic carbocycles. The highest BCUT2D eigenvalue weighted by atomic mass is 16.5. The van der Waals surface area contributed by atoms with Gasteiger partial charge >= 0.3 is 0 Å². The molecule has 0 radical (unpaired) electrons. The van der Waals surface area contributed by atoms with E-state index in [9.17, 15) is 14.4 Å². The van der Waals surface area contributed by atoms with Crippen LogP contribution in [0, 0.1) is 5.92 Å². The molecule has 1 saturated heterocycles. The van der Waals surface area contributed by atoms with Gasteiger partial charge in [0.25, 0.3) is 5.91 Å². The molecule has 3 rings (SSSR count). The first-order chi connectivity index (χ1) is 15.0. The number of likely N-dealkylation sites (tertiary alicyclic amines) is 1. The fraction of sp³-hybridized carbons (Fsp3) is 0.417. The fourth-order valence-electron chi connectivity index (χ4n) is 4.20. The van der Waals surface area contributed by atoms with E-state index in [1.54, 1.807) is 60.8 Å². The van der Waals surface area contributed by atoms with Gasteiger partial charge in [0.1, 0.15) is 11.7 Å². The van der Waals surface area contributed by atoms with Gasteiger partial charge in [-0.15, -0.1) is 0 Å². The van der Waals surface area contributed by atoms with Gasteiger partial charge in [-0.05, 0) is 55.8 Å². The number of benzene rings is 1. The maximum Gasteiger partial charge on any atom is 0.291 e. The Hall–Kier alpha value is -3.06. The van der Waals surface area contributed by atoms with Crippen LogP contribution in [0.2, 0.25) is 0 Å². The summed E-state index contributed by atoms with van der Waals surface area (Å²) in [7, 11) is 1.55. The molecule has 0 saturated carbocycles. The quantitative estimate of drug-likeness (QED) is 0.354. The topological polar surface area (TPSA) is 81.0 Å². The Bertz CT molecular complexity index is 910.